The normalized spacial score (nSPS) is 10.8. The number of aryl methyl sites for hydroxylation is 1. The second kappa shape index (κ2) is 11.8. The molecule has 0 heterocycles. The zero-order chi connectivity index (χ0) is 27.2. The molecule has 0 atom stereocenters. The first-order valence-electron chi connectivity index (χ1n) is 10.7. The molecule has 0 aliphatic heterocycles. The lowest BCUT2D eigenvalue weighted by Gasteiger charge is -2.12. The van der Waals surface area contributed by atoms with E-state index < -0.39 is 34.5 Å². The number of hydrogen-bond acceptors (Lipinski definition) is 8. The van der Waals surface area contributed by atoms with Crippen LogP contribution in [-0.4, -0.2) is 47.1 Å². The number of carbonyl (C=O) groups excluding carboxylic acids is 3. The molecule has 0 aromatic heterocycles. The van der Waals surface area contributed by atoms with Gasteiger partial charge >= 0.3 is 11.9 Å². The summed E-state index contributed by atoms with van der Waals surface area (Å²) in [5, 5.41) is 2.48. The molecule has 0 spiro atoms. The Hall–Kier alpha value is -4.09. The van der Waals surface area contributed by atoms with E-state index in [2.05, 4.69) is 19.5 Å². The molecule has 37 heavy (non-hydrogen) atoms. The summed E-state index contributed by atoms with van der Waals surface area (Å²) >= 11 is 6.19. The first-order chi connectivity index (χ1) is 17.5. The Bertz CT molecular complexity index is 1410. The Kier molecular flexibility index (Phi) is 8.74. The highest BCUT2D eigenvalue weighted by Crippen LogP contribution is 2.28. The van der Waals surface area contributed by atoms with E-state index >= 15 is 0 Å². The highest BCUT2D eigenvalue weighted by atomic mass is 35.5. The molecule has 3 aromatic rings. The number of rotatable bonds is 9. The van der Waals surface area contributed by atoms with Crippen molar-refractivity contribution in [3.63, 3.8) is 0 Å². The predicted octanol–water partition coefficient (Wildman–Crippen LogP) is 4.04. The van der Waals surface area contributed by atoms with E-state index in [-0.39, 0.29) is 32.5 Å². The Morgan fingerprint density at radius 2 is 1.43 bits per heavy atom. The fourth-order valence-electron chi connectivity index (χ4n) is 3.11. The molecular weight excluding hydrogens is 524 g/mol. The van der Waals surface area contributed by atoms with Gasteiger partial charge in [-0.05, 0) is 55.5 Å². The highest BCUT2D eigenvalue weighted by molar-refractivity contribution is 7.92. The predicted molar refractivity (Wildman–Crippen MR) is 137 cm³/mol. The minimum atomic E-state index is -3.91. The monoisotopic (exact) mass is 546 g/mol. The van der Waals surface area contributed by atoms with Gasteiger partial charge in [-0.2, -0.15) is 0 Å². The van der Waals surface area contributed by atoms with Gasteiger partial charge in [0.2, 0.25) is 0 Å². The molecule has 10 nitrogen and oxygen atoms in total. The number of halogens is 1. The Balaban J connectivity index is 1.68. The second-order valence-electron chi connectivity index (χ2n) is 7.68. The maximum absolute atomic E-state index is 12.7. The zero-order valence-electron chi connectivity index (χ0n) is 20.0. The summed E-state index contributed by atoms with van der Waals surface area (Å²) in [6.07, 6.45) is 0. The zero-order valence-corrected chi connectivity index (χ0v) is 21.6. The number of esters is 2. The first kappa shape index (κ1) is 27.5. The second-order valence-corrected chi connectivity index (χ2v) is 9.77. The van der Waals surface area contributed by atoms with Gasteiger partial charge in [0.05, 0.1) is 35.3 Å². The molecule has 0 saturated heterocycles. The van der Waals surface area contributed by atoms with Crippen molar-refractivity contribution in [3.05, 3.63) is 82.4 Å². The summed E-state index contributed by atoms with van der Waals surface area (Å²) < 4.78 is 42.6. The molecule has 12 heteroatoms. The van der Waals surface area contributed by atoms with E-state index in [0.29, 0.717) is 5.69 Å². The van der Waals surface area contributed by atoms with E-state index in [9.17, 15) is 22.8 Å². The van der Waals surface area contributed by atoms with Gasteiger partial charge in [0, 0.05) is 11.4 Å². The summed E-state index contributed by atoms with van der Waals surface area (Å²) in [7, 11) is -1.55. The third kappa shape index (κ3) is 7.21. The quantitative estimate of drug-likeness (QED) is 0.384. The smallest absolute Gasteiger partial charge is 0.337 e. The van der Waals surface area contributed by atoms with Crippen LogP contribution in [0.25, 0.3) is 0 Å². The Morgan fingerprint density at radius 1 is 0.838 bits per heavy atom. The van der Waals surface area contributed by atoms with Crippen LogP contribution in [0.15, 0.2) is 65.6 Å². The van der Waals surface area contributed by atoms with Crippen molar-refractivity contribution in [1.29, 1.82) is 0 Å². The summed E-state index contributed by atoms with van der Waals surface area (Å²) in [6, 6.07) is 14.6. The number of benzene rings is 3. The third-order valence-electron chi connectivity index (χ3n) is 4.94. The average Bonchev–Trinajstić information content (AvgIpc) is 2.87. The molecule has 0 radical (unpaired) electrons. The van der Waals surface area contributed by atoms with Crippen LogP contribution in [0.1, 0.15) is 26.3 Å². The lowest BCUT2D eigenvalue weighted by Crippen LogP contribution is -2.21. The minimum absolute atomic E-state index is 0.0275. The molecule has 0 bridgehead atoms. The lowest BCUT2D eigenvalue weighted by molar-refractivity contribution is -0.118. The SMILES string of the molecule is COC(=O)c1cc(NC(=O)COc2ccc(S(=O)(=O)Nc3ccc(C)cc3)cc2Cl)cc(C(=O)OC)c1. The van der Waals surface area contributed by atoms with Crippen LogP contribution in [0.2, 0.25) is 5.02 Å². The molecule has 3 aromatic carbocycles. The molecule has 0 fully saturated rings. The Morgan fingerprint density at radius 3 is 1.97 bits per heavy atom. The maximum Gasteiger partial charge on any atom is 0.337 e. The number of hydrogen-bond donors (Lipinski definition) is 2. The van der Waals surface area contributed by atoms with Gasteiger partial charge in [0.1, 0.15) is 5.75 Å². The van der Waals surface area contributed by atoms with Crippen LogP contribution < -0.4 is 14.8 Å². The van der Waals surface area contributed by atoms with Crippen LogP contribution in [0, 0.1) is 6.92 Å². The molecule has 0 aliphatic rings. The van der Waals surface area contributed by atoms with Gasteiger partial charge in [-0.15, -0.1) is 0 Å². The van der Waals surface area contributed by atoms with E-state index in [1.165, 1.54) is 50.6 Å². The number of carbonyl (C=O) groups is 3. The molecule has 0 unspecified atom stereocenters. The van der Waals surface area contributed by atoms with Gasteiger partial charge in [0.15, 0.2) is 6.61 Å². The summed E-state index contributed by atoms with van der Waals surface area (Å²) in [4.78, 5) is 36.1. The third-order valence-corrected chi connectivity index (χ3v) is 6.61. The molecule has 2 N–H and O–H groups in total. The van der Waals surface area contributed by atoms with E-state index in [1.807, 2.05) is 6.92 Å². The van der Waals surface area contributed by atoms with E-state index in [4.69, 9.17) is 16.3 Å². The topological polar surface area (TPSA) is 137 Å². The van der Waals surface area contributed by atoms with Crippen molar-refractivity contribution in [2.45, 2.75) is 11.8 Å². The summed E-state index contributed by atoms with van der Waals surface area (Å²) in [5.41, 5.74) is 1.56. The van der Waals surface area contributed by atoms with Gasteiger partial charge < -0.3 is 19.5 Å². The van der Waals surface area contributed by atoms with Crippen LogP contribution in [0.3, 0.4) is 0 Å². The first-order valence-corrected chi connectivity index (χ1v) is 12.5. The molecule has 194 valence electrons. The fourth-order valence-corrected chi connectivity index (χ4v) is 4.50. The average molecular weight is 547 g/mol. The van der Waals surface area contributed by atoms with Gasteiger partial charge in [-0.1, -0.05) is 29.3 Å². The number of amides is 1. The van der Waals surface area contributed by atoms with Crippen LogP contribution >= 0.6 is 11.6 Å². The van der Waals surface area contributed by atoms with Crippen molar-refractivity contribution in [2.75, 3.05) is 30.9 Å². The number of sulfonamides is 1. The molecule has 1 amide bonds. The lowest BCUT2D eigenvalue weighted by atomic mass is 10.1. The van der Waals surface area contributed by atoms with E-state index in [1.54, 1.807) is 24.3 Å². The van der Waals surface area contributed by atoms with Crippen molar-refractivity contribution >= 4 is 50.8 Å². The van der Waals surface area contributed by atoms with Crippen molar-refractivity contribution < 1.29 is 37.0 Å². The van der Waals surface area contributed by atoms with Crippen molar-refractivity contribution in [2.24, 2.45) is 0 Å². The molecule has 3 rings (SSSR count). The van der Waals surface area contributed by atoms with Crippen LogP contribution in [0.5, 0.6) is 5.75 Å². The van der Waals surface area contributed by atoms with Crippen molar-refractivity contribution in [1.82, 2.24) is 0 Å². The Labute approximate surface area is 218 Å². The number of nitrogens with one attached hydrogen (secondary N) is 2. The maximum atomic E-state index is 12.7. The molecule has 0 saturated carbocycles. The molecule has 0 aliphatic carbocycles. The van der Waals surface area contributed by atoms with E-state index in [0.717, 1.165) is 5.56 Å². The van der Waals surface area contributed by atoms with Crippen LogP contribution in [-0.2, 0) is 24.3 Å². The summed E-state index contributed by atoms with van der Waals surface area (Å²) in [5.74, 6) is -1.98. The highest BCUT2D eigenvalue weighted by Gasteiger charge is 2.18. The number of methoxy groups -OCH3 is 2. The van der Waals surface area contributed by atoms with Gasteiger partial charge in [-0.3, -0.25) is 9.52 Å². The van der Waals surface area contributed by atoms with Crippen molar-refractivity contribution in [3.8, 4) is 5.75 Å². The number of ether oxygens (including phenoxy) is 3. The fraction of sp³-hybridized carbons (Fsp3) is 0.160. The largest absolute Gasteiger partial charge is 0.482 e. The standard InChI is InChI=1S/C25H23ClN2O8S/c1-15-4-6-18(7-5-15)28-37(32,33)20-8-9-22(21(26)13-20)36-14-23(29)27-19-11-16(24(30)34-2)10-17(12-19)25(31)35-3/h4-13,28H,14H2,1-3H3,(H,27,29). The number of anilines is 2. The minimum Gasteiger partial charge on any atom is -0.482 e. The van der Waals surface area contributed by atoms with Gasteiger partial charge in [-0.25, -0.2) is 18.0 Å². The molecular formula is C25H23ClN2O8S. The summed E-state index contributed by atoms with van der Waals surface area (Å²) in [6.45, 7) is 1.39. The van der Waals surface area contributed by atoms with Crippen LogP contribution in [0.4, 0.5) is 11.4 Å². The van der Waals surface area contributed by atoms with Gasteiger partial charge in [0.25, 0.3) is 15.9 Å².